The van der Waals surface area contributed by atoms with Gasteiger partial charge in [-0.05, 0) is 37.8 Å². The first-order chi connectivity index (χ1) is 8.66. The lowest BCUT2D eigenvalue weighted by atomic mass is 9.94. The van der Waals surface area contributed by atoms with Crippen LogP contribution in [0.25, 0.3) is 0 Å². The zero-order valence-electron chi connectivity index (χ0n) is 10.8. The summed E-state index contributed by atoms with van der Waals surface area (Å²) < 4.78 is 6.40. The van der Waals surface area contributed by atoms with Crippen molar-refractivity contribution in [2.45, 2.75) is 32.2 Å². The third kappa shape index (κ3) is 3.82. The Hall–Kier alpha value is -0.350. The molecule has 0 amide bonds. The van der Waals surface area contributed by atoms with E-state index >= 15 is 0 Å². The normalized spacial score (nSPS) is 18.7. The van der Waals surface area contributed by atoms with Gasteiger partial charge < -0.3 is 10.1 Å². The summed E-state index contributed by atoms with van der Waals surface area (Å²) in [5, 5.41) is 3.56. The quantitative estimate of drug-likeness (QED) is 0.631. The van der Waals surface area contributed by atoms with Gasteiger partial charge in [-0.3, -0.25) is 0 Å². The van der Waals surface area contributed by atoms with Crippen LogP contribution in [0.15, 0.2) is 18.2 Å². The Balaban J connectivity index is 1.78. The molecule has 1 aliphatic carbocycles. The van der Waals surface area contributed by atoms with Gasteiger partial charge >= 0.3 is 0 Å². The molecular formula is C14H20ClNOS. The molecule has 1 aromatic heterocycles. The molecule has 1 aromatic rings. The number of thiophene rings is 1. The first-order valence-corrected chi connectivity index (χ1v) is 7.60. The van der Waals surface area contributed by atoms with Gasteiger partial charge in [-0.15, -0.1) is 11.3 Å². The fraction of sp³-hybridized carbons (Fsp3) is 0.571. The average molecular weight is 286 g/mol. The van der Waals surface area contributed by atoms with E-state index in [0.29, 0.717) is 12.6 Å². The van der Waals surface area contributed by atoms with Crippen LogP contribution in [0.2, 0.25) is 4.34 Å². The van der Waals surface area contributed by atoms with Crippen molar-refractivity contribution in [3.05, 3.63) is 33.0 Å². The lowest BCUT2D eigenvalue weighted by Crippen LogP contribution is -2.27. The monoisotopic (exact) mass is 285 g/mol. The average Bonchev–Trinajstić information content (AvgIpc) is 2.69. The first kappa shape index (κ1) is 14.1. The Morgan fingerprint density at radius 1 is 1.67 bits per heavy atom. The summed E-state index contributed by atoms with van der Waals surface area (Å²) in [7, 11) is 0. The summed E-state index contributed by atoms with van der Waals surface area (Å²) in [5.74, 6) is 0. The van der Waals surface area contributed by atoms with Gasteiger partial charge in [0.2, 0.25) is 0 Å². The van der Waals surface area contributed by atoms with Gasteiger partial charge in [0.1, 0.15) is 0 Å². The maximum atomic E-state index is 6.09. The zero-order valence-corrected chi connectivity index (χ0v) is 12.4. The molecule has 0 radical (unpaired) electrons. The van der Waals surface area contributed by atoms with Crippen LogP contribution >= 0.6 is 22.9 Å². The predicted molar refractivity (Wildman–Crippen MR) is 78.6 cm³/mol. The molecule has 0 bridgehead atoms. The predicted octanol–water partition coefficient (Wildman–Crippen LogP) is 3.96. The van der Waals surface area contributed by atoms with Gasteiger partial charge in [-0.2, -0.15) is 0 Å². The Kier molecular flexibility index (Phi) is 5.25. The third-order valence-corrected chi connectivity index (χ3v) is 4.41. The van der Waals surface area contributed by atoms with E-state index in [0.717, 1.165) is 23.1 Å². The smallest absolute Gasteiger partial charge is 0.0934 e. The maximum absolute atomic E-state index is 6.09. The molecule has 0 spiro atoms. The lowest BCUT2D eigenvalue weighted by Gasteiger charge is -2.23. The van der Waals surface area contributed by atoms with Gasteiger partial charge in [0.05, 0.1) is 17.6 Å². The highest BCUT2D eigenvalue weighted by atomic mass is 35.5. The van der Waals surface area contributed by atoms with E-state index in [9.17, 15) is 0 Å². The Morgan fingerprint density at radius 2 is 2.50 bits per heavy atom. The minimum absolute atomic E-state index is 0.450. The van der Waals surface area contributed by atoms with Crippen LogP contribution in [0.4, 0.5) is 0 Å². The molecule has 0 aliphatic heterocycles. The standard InChI is InChI=1S/C14H20ClNOS/c1-10(2)9-17-7-6-16-12-4-3-5-13-11(12)8-14(15)18-13/h8,12,16H,1,3-7,9H2,2H3. The molecule has 1 unspecified atom stereocenters. The van der Waals surface area contributed by atoms with Gasteiger partial charge in [0.15, 0.2) is 0 Å². The largest absolute Gasteiger partial charge is 0.376 e. The van der Waals surface area contributed by atoms with Crippen LogP contribution in [0, 0.1) is 0 Å². The van der Waals surface area contributed by atoms with Crippen LogP contribution in [0.5, 0.6) is 0 Å². The maximum Gasteiger partial charge on any atom is 0.0934 e. The first-order valence-electron chi connectivity index (χ1n) is 6.40. The van der Waals surface area contributed by atoms with Crippen LogP contribution in [-0.2, 0) is 11.2 Å². The number of rotatable bonds is 6. The van der Waals surface area contributed by atoms with Crippen molar-refractivity contribution < 1.29 is 4.74 Å². The molecule has 0 fully saturated rings. The number of fused-ring (bicyclic) bond motifs is 1. The zero-order chi connectivity index (χ0) is 13.0. The number of hydrogen-bond donors (Lipinski definition) is 1. The summed E-state index contributed by atoms with van der Waals surface area (Å²) in [5.41, 5.74) is 2.47. The van der Waals surface area contributed by atoms with Crippen molar-refractivity contribution >= 4 is 22.9 Å². The van der Waals surface area contributed by atoms with Crippen molar-refractivity contribution in [3.8, 4) is 0 Å². The molecule has 1 N–H and O–H groups in total. The van der Waals surface area contributed by atoms with E-state index in [1.807, 2.05) is 6.92 Å². The Bertz CT molecular complexity index is 416. The summed E-state index contributed by atoms with van der Waals surface area (Å²) >= 11 is 7.82. The molecule has 0 saturated heterocycles. The summed E-state index contributed by atoms with van der Waals surface area (Å²) in [4.78, 5) is 1.45. The topological polar surface area (TPSA) is 21.3 Å². The minimum atomic E-state index is 0.450. The van der Waals surface area contributed by atoms with E-state index < -0.39 is 0 Å². The number of nitrogens with one attached hydrogen (secondary N) is 1. The van der Waals surface area contributed by atoms with E-state index in [1.165, 1.54) is 29.7 Å². The van der Waals surface area contributed by atoms with E-state index in [4.69, 9.17) is 16.3 Å². The van der Waals surface area contributed by atoms with Crippen LogP contribution in [0.1, 0.15) is 36.2 Å². The second kappa shape index (κ2) is 6.71. The minimum Gasteiger partial charge on any atom is -0.376 e. The van der Waals surface area contributed by atoms with Crippen molar-refractivity contribution in [3.63, 3.8) is 0 Å². The molecule has 1 heterocycles. The molecule has 2 rings (SSSR count). The van der Waals surface area contributed by atoms with Crippen molar-refractivity contribution in [2.24, 2.45) is 0 Å². The van der Waals surface area contributed by atoms with Crippen molar-refractivity contribution in [1.29, 1.82) is 0 Å². The number of ether oxygens (including phenoxy) is 1. The number of halogens is 1. The lowest BCUT2D eigenvalue weighted by molar-refractivity contribution is 0.154. The van der Waals surface area contributed by atoms with Crippen molar-refractivity contribution in [2.75, 3.05) is 19.8 Å². The fourth-order valence-corrected chi connectivity index (χ4v) is 3.67. The molecule has 2 nitrogen and oxygen atoms in total. The van der Waals surface area contributed by atoms with Crippen molar-refractivity contribution in [1.82, 2.24) is 5.32 Å². The Morgan fingerprint density at radius 3 is 3.28 bits per heavy atom. The molecule has 4 heteroatoms. The number of hydrogen-bond acceptors (Lipinski definition) is 3. The summed E-state index contributed by atoms with van der Waals surface area (Å²) in [6, 6.07) is 2.57. The summed E-state index contributed by atoms with van der Waals surface area (Å²) in [6.45, 7) is 8.06. The van der Waals surface area contributed by atoms with Gasteiger partial charge in [-0.1, -0.05) is 23.8 Å². The fourth-order valence-electron chi connectivity index (χ4n) is 2.29. The van der Waals surface area contributed by atoms with Crippen LogP contribution < -0.4 is 5.32 Å². The molecule has 1 aliphatic rings. The second-order valence-electron chi connectivity index (χ2n) is 4.84. The van der Waals surface area contributed by atoms with Gasteiger partial charge in [0, 0.05) is 17.5 Å². The van der Waals surface area contributed by atoms with Gasteiger partial charge in [-0.25, -0.2) is 0 Å². The van der Waals surface area contributed by atoms with E-state index in [2.05, 4.69) is 18.0 Å². The molecule has 0 aromatic carbocycles. The summed E-state index contributed by atoms with van der Waals surface area (Å²) in [6.07, 6.45) is 3.62. The van der Waals surface area contributed by atoms with E-state index in [-0.39, 0.29) is 0 Å². The molecule has 0 saturated carbocycles. The highest BCUT2D eigenvalue weighted by Gasteiger charge is 2.21. The van der Waals surface area contributed by atoms with E-state index in [1.54, 1.807) is 11.3 Å². The van der Waals surface area contributed by atoms with Crippen LogP contribution in [0.3, 0.4) is 0 Å². The highest BCUT2D eigenvalue weighted by molar-refractivity contribution is 7.16. The Labute approximate surface area is 118 Å². The molecule has 1 atom stereocenters. The SMILES string of the molecule is C=C(C)COCCNC1CCCc2sc(Cl)cc21. The molecular weight excluding hydrogens is 266 g/mol. The molecule has 18 heavy (non-hydrogen) atoms. The highest BCUT2D eigenvalue weighted by Crippen LogP contribution is 2.37. The third-order valence-electron chi connectivity index (χ3n) is 3.07. The second-order valence-corrected chi connectivity index (χ2v) is 6.61. The van der Waals surface area contributed by atoms with Gasteiger partial charge in [0.25, 0.3) is 0 Å². The molecule has 100 valence electrons. The van der Waals surface area contributed by atoms with Crippen LogP contribution in [-0.4, -0.2) is 19.8 Å². The number of aryl methyl sites for hydroxylation is 1.